The highest BCUT2D eigenvalue weighted by Gasteiger charge is 2.09. The first-order chi connectivity index (χ1) is 9.28. The summed E-state index contributed by atoms with van der Waals surface area (Å²) in [6.45, 7) is 0. The van der Waals surface area contributed by atoms with Crippen molar-refractivity contribution in [1.29, 1.82) is 0 Å². The van der Waals surface area contributed by atoms with E-state index in [4.69, 9.17) is 4.74 Å². The third-order valence-electron chi connectivity index (χ3n) is 2.64. The number of rotatable bonds is 3. The molecule has 0 unspecified atom stereocenters. The average molecular weight is 257 g/mol. The standard InChI is InChI=1S/C13H8FN3O2/c14-10-8-9(16-18)3-4-12(10)19-13-5-6-15-17-7-1-2-11(13)17/h1-8H. The Labute approximate surface area is 107 Å². The number of hydrogen-bond donors (Lipinski definition) is 0. The minimum Gasteiger partial charge on any atom is -0.452 e. The predicted molar refractivity (Wildman–Crippen MR) is 67.1 cm³/mol. The zero-order chi connectivity index (χ0) is 13.2. The van der Waals surface area contributed by atoms with Crippen LogP contribution in [0.2, 0.25) is 0 Å². The van der Waals surface area contributed by atoms with Crippen LogP contribution < -0.4 is 4.74 Å². The van der Waals surface area contributed by atoms with Crippen molar-refractivity contribution in [3.63, 3.8) is 0 Å². The van der Waals surface area contributed by atoms with Gasteiger partial charge in [-0.2, -0.15) is 5.10 Å². The number of nitrogens with zero attached hydrogens (tertiary/aromatic N) is 3. The molecule has 0 bridgehead atoms. The molecule has 0 spiro atoms. The smallest absolute Gasteiger partial charge is 0.167 e. The molecule has 0 aliphatic heterocycles. The molecule has 0 saturated carbocycles. The SMILES string of the molecule is O=Nc1ccc(Oc2ccnn3cccc23)c(F)c1. The van der Waals surface area contributed by atoms with E-state index in [1.54, 1.807) is 23.0 Å². The molecule has 0 aliphatic rings. The lowest BCUT2D eigenvalue weighted by molar-refractivity contribution is 0.444. The number of halogens is 1. The van der Waals surface area contributed by atoms with Gasteiger partial charge >= 0.3 is 0 Å². The van der Waals surface area contributed by atoms with Gasteiger partial charge < -0.3 is 4.74 Å². The first kappa shape index (κ1) is 11.3. The van der Waals surface area contributed by atoms with Crippen molar-refractivity contribution in [1.82, 2.24) is 9.61 Å². The summed E-state index contributed by atoms with van der Waals surface area (Å²) in [5.74, 6) is -0.133. The van der Waals surface area contributed by atoms with E-state index >= 15 is 0 Å². The fourth-order valence-electron chi connectivity index (χ4n) is 1.76. The number of ether oxygens (including phenoxy) is 1. The molecule has 1 aromatic carbocycles. The molecule has 3 rings (SSSR count). The highest BCUT2D eigenvalue weighted by Crippen LogP contribution is 2.29. The van der Waals surface area contributed by atoms with Crippen LogP contribution in [-0.4, -0.2) is 9.61 Å². The van der Waals surface area contributed by atoms with Crippen molar-refractivity contribution in [2.45, 2.75) is 0 Å². The monoisotopic (exact) mass is 257 g/mol. The predicted octanol–water partition coefficient (Wildman–Crippen LogP) is 3.66. The summed E-state index contributed by atoms with van der Waals surface area (Å²) in [7, 11) is 0. The van der Waals surface area contributed by atoms with Crippen molar-refractivity contribution < 1.29 is 9.13 Å². The largest absolute Gasteiger partial charge is 0.452 e. The maximum atomic E-state index is 13.7. The molecule has 3 aromatic rings. The molecule has 0 amide bonds. The van der Waals surface area contributed by atoms with Crippen LogP contribution in [0, 0.1) is 10.7 Å². The normalized spacial score (nSPS) is 10.6. The number of benzene rings is 1. The van der Waals surface area contributed by atoms with Gasteiger partial charge in [-0.3, -0.25) is 0 Å². The second-order valence-corrected chi connectivity index (χ2v) is 3.84. The lowest BCUT2D eigenvalue weighted by Crippen LogP contribution is -1.93. The van der Waals surface area contributed by atoms with Crippen LogP contribution in [0.25, 0.3) is 5.52 Å². The van der Waals surface area contributed by atoms with E-state index in [1.165, 1.54) is 12.1 Å². The van der Waals surface area contributed by atoms with Gasteiger partial charge in [0.15, 0.2) is 17.3 Å². The quantitative estimate of drug-likeness (QED) is 0.673. The van der Waals surface area contributed by atoms with Crippen molar-refractivity contribution in [2.24, 2.45) is 5.18 Å². The summed E-state index contributed by atoms with van der Waals surface area (Å²) < 4.78 is 20.8. The Bertz CT molecular complexity index is 754. The molecule has 94 valence electrons. The molecular weight excluding hydrogens is 249 g/mol. The number of fused-ring (bicyclic) bond motifs is 1. The Hall–Kier alpha value is -2.76. The molecule has 6 heteroatoms. The van der Waals surface area contributed by atoms with E-state index in [-0.39, 0.29) is 11.4 Å². The Balaban J connectivity index is 2.01. The van der Waals surface area contributed by atoms with Gasteiger partial charge in [-0.05, 0) is 29.4 Å². The fraction of sp³-hybridized carbons (Fsp3) is 0. The molecule has 0 radical (unpaired) electrons. The average Bonchev–Trinajstić information content (AvgIpc) is 2.90. The molecule has 0 N–H and O–H groups in total. The van der Waals surface area contributed by atoms with Gasteiger partial charge in [0.2, 0.25) is 0 Å². The fourth-order valence-corrected chi connectivity index (χ4v) is 1.76. The van der Waals surface area contributed by atoms with E-state index in [0.29, 0.717) is 5.75 Å². The Morgan fingerprint density at radius 1 is 1.21 bits per heavy atom. The lowest BCUT2D eigenvalue weighted by atomic mass is 10.3. The van der Waals surface area contributed by atoms with E-state index in [0.717, 1.165) is 11.6 Å². The van der Waals surface area contributed by atoms with Gasteiger partial charge in [-0.1, -0.05) is 0 Å². The maximum absolute atomic E-state index is 13.7. The van der Waals surface area contributed by atoms with Gasteiger partial charge in [0.05, 0.1) is 6.20 Å². The van der Waals surface area contributed by atoms with E-state index in [2.05, 4.69) is 10.3 Å². The zero-order valence-corrected chi connectivity index (χ0v) is 9.65. The molecule has 0 aliphatic carbocycles. The van der Waals surface area contributed by atoms with E-state index < -0.39 is 5.82 Å². The van der Waals surface area contributed by atoms with Crippen LogP contribution in [-0.2, 0) is 0 Å². The highest BCUT2D eigenvalue weighted by molar-refractivity contribution is 5.60. The zero-order valence-electron chi connectivity index (χ0n) is 9.65. The molecule has 2 aromatic heterocycles. The van der Waals surface area contributed by atoms with Gasteiger partial charge in [-0.15, -0.1) is 4.91 Å². The van der Waals surface area contributed by atoms with Crippen molar-refractivity contribution in [3.05, 3.63) is 59.5 Å². The first-order valence-corrected chi connectivity index (χ1v) is 5.51. The number of nitroso groups, excluding NO2 is 1. The summed E-state index contributed by atoms with van der Waals surface area (Å²) in [4.78, 5) is 10.3. The summed E-state index contributed by atoms with van der Waals surface area (Å²) in [5, 5.41) is 6.74. The molecule has 5 nitrogen and oxygen atoms in total. The van der Waals surface area contributed by atoms with Crippen LogP contribution in [0.1, 0.15) is 0 Å². The number of aromatic nitrogens is 2. The van der Waals surface area contributed by atoms with E-state index in [9.17, 15) is 9.30 Å². The van der Waals surface area contributed by atoms with Crippen LogP contribution >= 0.6 is 0 Å². The summed E-state index contributed by atoms with van der Waals surface area (Å²) >= 11 is 0. The Morgan fingerprint density at radius 2 is 2.11 bits per heavy atom. The minimum absolute atomic E-state index is 0.0208. The first-order valence-electron chi connectivity index (χ1n) is 5.51. The molecular formula is C13H8FN3O2. The van der Waals surface area contributed by atoms with Crippen molar-refractivity contribution >= 4 is 11.2 Å². The minimum atomic E-state index is -0.640. The van der Waals surface area contributed by atoms with Crippen LogP contribution in [0.15, 0.2) is 54.0 Å². The second-order valence-electron chi connectivity index (χ2n) is 3.84. The number of hydrogen-bond acceptors (Lipinski definition) is 4. The van der Waals surface area contributed by atoms with Crippen molar-refractivity contribution in [2.75, 3.05) is 0 Å². The molecule has 2 heterocycles. The molecule has 0 saturated heterocycles. The highest BCUT2D eigenvalue weighted by atomic mass is 19.1. The third kappa shape index (κ3) is 2.03. The van der Waals surface area contributed by atoms with Crippen LogP contribution in [0.4, 0.5) is 10.1 Å². The summed E-state index contributed by atoms with van der Waals surface area (Å²) in [5.41, 5.74) is 0.743. The maximum Gasteiger partial charge on any atom is 0.167 e. The Morgan fingerprint density at radius 3 is 2.89 bits per heavy atom. The van der Waals surface area contributed by atoms with Gasteiger partial charge in [-0.25, -0.2) is 8.91 Å². The van der Waals surface area contributed by atoms with Crippen LogP contribution in [0.3, 0.4) is 0 Å². The summed E-state index contributed by atoms with van der Waals surface area (Å²) in [6, 6.07) is 9.04. The molecule has 19 heavy (non-hydrogen) atoms. The topological polar surface area (TPSA) is 56.0 Å². The molecule has 0 atom stereocenters. The van der Waals surface area contributed by atoms with Crippen LogP contribution in [0.5, 0.6) is 11.5 Å². The lowest BCUT2D eigenvalue weighted by Gasteiger charge is -2.08. The van der Waals surface area contributed by atoms with Gasteiger partial charge in [0, 0.05) is 18.3 Å². The van der Waals surface area contributed by atoms with Gasteiger partial charge in [0.1, 0.15) is 11.2 Å². The van der Waals surface area contributed by atoms with E-state index in [1.807, 2.05) is 12.1 Å². The third-order valence-corrected chi connectivity index (χ3v) is 2.64. The van der Waals surface area contributed by atoms with Crippen molar-refractivity contribution in [3.8, 4) is 11.5 Å². The molecule has 0 fully saturated rings. The summed E-state index contributed by atoms with van der Waals surface area (Å²) in [6.07, 6.45) is 3.32. The second kappa shape index (κ2) is 4.49. The Kier molecular flexibility index (Phi) is 2.68. The van der Waals surface area contributed by atoms with Gasteiger partial charge in [0.25, 0.3) is 0 Å².